The summed E-state index contributed by atoms with van der Waals surface area (Å²) in [4.78, 5) is 27.1. The molecule has 8 nitrogen and oxygen atoms in total. The van der Waals surface area contributed by atoms with E-state index in [2.05, 4.69) is 0 Å². The first-order chi connectivity index (χ1) is 17.6. The molecular weight excluding hydrogens is 520 g/mol. The Bertz CT molecular complexity index is 912. The molecule has 0 bridgehead atoms. The van der Waals surface area contributed by atoms with Crippen molar-refractivity contribution in [3.05, 3.63) is 29.8 Å². The van der Waals surface area contributed by atoms with Gasteiger partial charge < -0.3 is 29.7 Å². The summed E-state index contributed by atoms with van der Waals surface area (Å²) in [6, 6.07) is 6.63. The minimum Gasteiger partial charge on any atom is -0.490 e. The number of carbonyl (C=O) groups is 2. The van der Waals surface area contributed by atoms with Gasteiger partial charge >= 0.3 is 6.09 Å². The molecule has 1 aromatic carbocycles. The summed E-state index contributed by atoms with van der Waals surface area (Å²) in [7, 11) is 0. The highest BCUT2D eigenvalue weighted by Gasteiger charge is 2.47. The van der Waals surface area contributed by atoms with Crippen molar-refractivity contribution in [2.45, 2.75) is 95.2 Å². The average Bonchev–Trinajstić information content (AvgIpc) is 2.84. The van der Waals surface area contributed by atoms with Crippen LogP contribution in [-0.2, 0) is 20.7 Å². The number of nitrogens with zero attached hydrogens (tertiary/aromatic N) is 2. The van der Waals surface area contributed by atoms with Gasteiger partial charge in [0, 0.05) is 13.1 Å². The number of nitrogens with two attached hydrogens (primary N) is 1. The average molecular weight is 560 g/mol. The molecule has 0 spiro atoms. The normalized spacial score (nSPS) is 24.3. The van der Waals surface area contributed by atoms with Crippen molar-refractivity contribution in [3.8, 4) is 5.75 Å². The van der Waals surface area contributed by atoms with Crippen LogP contribution >= 0.6 is 12.4 Å². The number of ether oxygens (including phenoxy) is 3. The highest BCUT2D eigenvalue weighted by Crippen LogP contribution is 2.29. The number of alkyl halides is 2. The molecule has 1 atom stereocenters. The standard InChI is InChI=1S/C27H39F2N3O5.ClH/c1-18(2)35-26(34)31-13-11-23(12-14-31)37-22-9-7-21(8-10-22)36-20-5-3-19(4-6-20)15-24(30)25(33)32-16-27(28,29)17-32;/h3-6,18,21-24H,7-17,30H2,1-2H3;1H. The van der Waals surface area contributed by atoms with Crippen LogP contribution in [0.2, 0.25) is 0 Å². The van der Waals surface area contributed by atoms with Crippen LogP contribution in [0.3, 0.4) is 0 Å². The molecular formula is C27H40ClF2N3O5. The molecule has 1 aromatic rings. The number of likely N-dealkylation sites (tertiary alicyclic amines) is 2. The van der Waals surface area contributed by atoms with Crippen molar-refractivity contribution in [3.63, 3.8) is 0 Å². The Morgan fingerprint density at radius 2 is 1.50 bits per heavy atom. The lowest BCUT2D eigenvalue weighted by Gasteiger charge is -2.39. The molecule has 1 saturated carbocycles. The summed E-state index contributed by atoms with van der Waals surface area (Å²) in [6.45, 7) is 3.94. The Hall–Kier alpha value is -2.17. The first kappa shape index (κ1) is 30.4. The van der Waals surface area contributed by atoms with Crippen molar-refractivity contribution in [2.75, 3.05) is 26.2 Å². The quantitative estimate of drug-likeness (QED) is 0.514. The number of amides is 2. The maximum Gasteiger partial charge on any atom is 0.410 e. The van der Waals surface area contributed by atoms with Crippen LogP contribution < -0.4 is 10.5 Å². The molecule has 4 rings (SSSR count). The fraction of sp³-hybridized carbons (Fsp3) is 0.704. The molecule has 3 aliphatic rings. The zero-order valence-electron chi connectivity index (χ0n) is 22.2. The summed E-state index contributed by atoms with van der Waals surface area (Å²) < 4.78 is 43.8. The highest BCUT2D eigenvalue weighted by molar-refractivity contribution is 5.85. The topological polar surface area (TPSA) is 94.3 Å². The maximum absolute atomic E-state index is 13.0. The monoisotopic (exact) mass is 559 g/mol. The third kappa shape index (κ3) is 8.41. The van der Waals surface area contributed by atoms with Crippen LogP contribution in [0.15, 0.2) is 24.3 Å². The number of hydrogen-bond donors (Lipinski definition) is 1. The smallest absolute Gasteiger partial charge is 0.410 e. The summed E-state index contributed by atoms with van der Waals surface area (Å²) in [5.74, 6) is -2.47. The zero-order chi connectivity index (χ0) is 26.6. The minimum absolute atomic E-state index is 0. The van der Waals surface area contributed by atoms with Crippen molar-refractivity contribution in [1.29, 1.82) is 0 Å². The number of halogens is 3. The van der Waals surface area contributed by atoms with E-state index in [-0.39, 0.29) is 42.9 Å². The van der Waals surface area contributed by atoms with Gasteiger partial charge in [0.05, 0.1) is 43.5 Å². The Kier molecular flexibility index (Phi) is 10.6. The lowest BCUT2D eigenvalue weighted by Crippen LogP contribution is -2.62. The number of benzene rings is 1. The molecule has 38 heavy (non-hydrogen) atoms. The van der Waals surface area contributed by atoms with Gasteiger partial charge in [0.15, 0.2) is 0 Å². The Morgan fingerprint density at radius 3 is 2.05 bits per heavy atom. The maximum atomic E-state index is 13.0. The zero-order valence-corrected chi connectivity index (χ0v) is 23.0. The molecule has 2 aliphatic heterocycles. The molecule has 2 N–H and O–H groups in total. The molecule has 1 unspecified atom stereocenters. The molecule has 2 heterocycles. The predicted molar refractivity (Wildman–Crippen MR) is 141 cm³/mol. The first-order valence-corrected chi connectivity index (χ1v) is 13.4. The van der Waals surface area contributed by atoms with Gasteiger partial charge in [0.25, 0.3) is 5.92 Å². The molecule has 2 saturated heterocycles. The Balaban J connectivity index is 0.00000400. The molecule has 214 valence electrons. The van der Waals surface area contributed by atoms with E-state index >= 15 is 0 Å². The fourth-order valence-electron chi connectivity index (χ4n) is 5.15. The minimum atomic E-state index is -2.79. The van der Waals surface area contributed by atoms with Gasteiger partial charge in [-0.2, -0.15) is 0 Å². The van der Waals surface area contributed by atoms with E-state index < -0.39 is 31.0 Å². The van der Waals surface area contributed by atoms with Crippen molar-refractivity contribution >= 4 is 24.4 Å². The number of piperidine rings is 1. The highest BCUT2D eigenvalue weighted by atomic mass is 35.5. The molecule has 2 amide bonds. The third-order valence-corrected chi connectivity index (χ3v) is 7.20. The SMILES string of the molecule is CC(C)OC(=O)N1CCC(OC2CCC(Oc3ccc(CC(N)C(=O)N4CC(F)(F)C4)cc3)CC2)CC1.Cl. The van der Waals surface area contributed by atoms with Gasteiger partial charge in [-0.15, -0.1) is 12.4 Å². The van der Waals surface area contributed by atoms with Crippen molar-refractivity contribution in [2.24, 2.45) is 5.73 Å². The number of carbonyl (C=O) groups excluding carboxylic acids is 2. The second kappa shape index (κ2) is 13.3. The van der Waals surface area contributed by atoms with Gasteiger partial charge in [0.1, 0.15) is 5.75 Å². The van der Waals surface area contributed by atoms with Crippen molar-refractivity contribution in [1.82, 2.24) is 9.80 Å². The van der Waals surface area contributed by atoms with Crippen molar-refractivity contribution < 1.29 is 32.6 Å². The molecule has 3 fully saturated rings. The number of hydrogen-bond acceptors (Lipinski definition) is 6. The Morgan fingerprint density at radius 1 is 0.947 bits per heavy atom. The summed E-state index contributed by atoms with van der Waals surface area (Å²) in [6.07, 6.45) is 5.80. The molecule has 0 aromatic heterocycles. The predicted octanol–water partition coefficient (Wildman–Crippen LogP) is 4.17. The summed E-state index contributed by atoms with van der Waals surface area (Å²) in [5, 5.41) is 0. The van der Waals surface area contributed by atoms with E-state index in [9.17, 15) is 18.4 Å². The van der Waals surface area contributed by atoms with Crippen LogP contribution in [0.5, 0.6) is 5.75 Å². The van der Waals surface area contributed by atoms with E-state index in [1.165, 1.54) is 0 Å². The summed E-state index contributed by atoms with van der Waals surface area (Å²) in [5.41, 5.74) is 6.81. The van der Waals surface area contributed by atoms with Gasteiger partial charge in [-0.1, -0.05) is 12.1 Å². The first-order valence-electron chi connectivity index (χ1n) is 13.4. The van der Waals surface area contributed by atoms with E-state index in [1.54, 1.807) is 4.90 Å². The number of rotatable bonds is 8. The van der Waals surface area contributed by atoms with Crippen LogP contribution in [-0.4, -0.2) is 84.4 Å². The van der Waals surface area contributed by atoms with E-state index in [4.69, 9.17) is 19.9 Å². The van der Waals surface area contributed by atoms with E-state index in [0.717, 1.165) is 54.7 Å². The lowest BCUT2D eigenvalue weighted by atomic mass is 9.94. The Labute approximate surface area is 229 Å². The molecule has 11 heteroatoms. The molecule has 1 aliphatic carbocycles. The fourth-order valence-corrected chi connectivity index (χ4v) is 5.15. The van der Waals surface area contributed by atoms with Gasteiger partial charge in [0.2, 0.25) is 5.91 Å². The second-order valence-corrected chi connectivity index (χ2v) is 10.8. The third-order valence-electron chi connectivity index (χ3n) is 7.20. The lowest BCUT2D eigenvalue weighted by molar-refractivity contribution is -0.166. The molecule has 0 radical (unpaired) electrons. The second-order valence-electron chi connectivity index (χ2n) is 10.8. The van der Waals surface area contributed by atoms with E-state index in [0.29, 0.717) is 19.5 Å². The van der Waals surface area contributed by atoms with Crippen LogP contribution in [0.25, 0.3) is 0 Å². The van der Waals surface area contributed by atoms with Gasteiger partial charge in [-0.3, -0.25) is 4.79 Å². The van der Waals surface area contributed by atoms with Gasteiger partial charge in [-0.05, 0) is 76.5 Å². The van der Waals surface area contributed by atoms with Crippen LogP contribution in [0.4, 0.5) is 13.6 Å². The summed E-state index contributed by atoms with van der Waals surface area (Å²) >= 11 is 0. The van der Waals surface area contributed by atoms with Crippen LogP contribution in [0, 0.1) is 0 Å². The largest absolute Gasteiger partial charge is 0.490 e. The van der Waals surface area contributed by atoms with Gasteiger partial charge in [-0.25, -0.2) is 13.6 Å². The van der Waals surface area contributed by atoms with Crippen LogP contribution in [0.1, 0.15) is 57.9 Å². The van der Waals surface area contributed by atoms with E-state index in [1.807, 2.05) is 38.1 Å².